The van der Waals surface area contributed by atoms with Crippen LogP contribution in [0.1, 0.15) is 23.2 Å². The first-order valence-electron chi connectivity index (χ1n) is 17.2. The van der Waals surface area contributed by atoms with Crippen LogP contribution in [-0.2, 0) is 6.42 Å². The largest absolute Gasteiger partial charge is 0.313 e. The zero-order valence-electron chi connectivity index (χ0n) is 27.4. The van der Waals surface area contributed by atoms with Gasteiger partial charge in [0.15, 0.2) is 0 Å². The third kappa shape index (κ3) is 4.48. The molecule has 0 N–H and O–H groups in total. The van der Waals surface area contributed by atoms with Crippen molar-refractivity contribution in [3.63, 3.8) is 0 Å². The monoisotopic (exact) mass is 626 g/mol. The Hall–Kier alpha value is -6.12. The van der Waals surface area contributed by atoms with E-state index >= 15 is 0 Å². The summed E-state index contributed by atoms with van der Waals surface area (Å²) in [4.78, 5) is 0. The number of aryl methyl sites for hydroxylation is 1. The number of rotatable bonds is 4. The molecule has 1 aliphatic carbocycles. The van der Waals surface area contributed by atoms with Gasteiger partial charge in [-0.15, -0.1) is 0 Å². The summed E-state index contributed by atoms with van der Waals surface area (Å²) in [5.41, 5.74) is 15.1. The third-order valence-electron chi connectivity index (χ3n) is 10.4. The molecule has 0 spiro atoms. The molecular weight excluding hydrogens is 593 g/mol. The van der Waals surface area contributed by atoms with E-state index in [1.54, 1.807) is 0 Å². The molecule has 2 heteroatoms. The second-order valence-corrected chi connectivity index (χ2v) is 13.4. The van der Waals surface area contributed by atoms with Crippen molar-refractivity contribution in [2.45, 2.75) is 19.8 Å². The lowest BCUT2D eigenvalue weighted by Gasteiger charge is -2.14. The number of aromatic nitrogens is 2. The highest BCUT2D eigenvalue weighted by molar-refractivity contribution is 6.11. The molecule has 2 heterocycles. The molecular formula is C47H34N2. The molecule has 10 rings (SSSR count). The van der Waals surface area contributed by atoms with Crippen LogP contribution in [0.2, 0.25) is 0 Å². The van der Waals surface area contributed by atoms with Crippen LogP contribution in [0.15, 0.2) is 158 Å². The Morgan fingerprint density at radius 3 is 2.02 bits per heavy atom. The summed E-state index contributed by atoms with van der Waals surface area (Å²) < 4.78 is 4.93. The highest BCUT2D eigenvalue weighted by Crippen LogP contribution is 2.40. The van der Waals surface area contributed by atoms with Gasteiger partial charge in [0, 0.05) is 38.8 Å². The van der Waals surface area contributed by atoms with E-state index in [9.17, 15) is 0 Å². The van der Waals surface area contributed by atoms with Crippen LogP contribution in [0.5, 0.6) is 0 Å². The van der Waals surface area contributed by atoms with Crippen molar-refractivity contribution in [2.24, 2.45) is 0 Å². The van der Waals surface area contributed by atoms with Gasteiger partial charge in [-0.1, -0.05) is 109 Å². The second kappa shape index (κ2) is 11.0. The fraction of sp³-hybridized carbons (Fsp3) is 0.0638. The van der Waals surface area contributed by atoms with Crippen LogP contribution in [0.4, 0.5) is 0 Å². The predicted octanol–water partition coefficient (Wildman–Crippen LogP) is 12.5. The normalized spacial score (nSPS) is 12.8. The van der Waals surface area contributed by atoms with Crippen molar-refractivity contribution < 1.29 is 0 Å². The molecule has 0 saturated heterocycles. The molecule has 0 unspecified atom stereocenters. The number of allylic oxidation sites excluding steroid dienone is 1. The average Bonchev–Trinajstić information content (AvgIpc) is 3.67. The quantitative estimate of drug-likeness (QED) is 0.184. The highest BCUT2D eigenvalue weighted by atomic mass is 15.0. The molecule has 0 aliphatic heterocycles. The topological polar surface area (TPSA) is 9.86 Å². The van der Waals surface area contributed by atoms with Crippen molar-refractivity contribution >= 4 is 49.6 Å². The van der Waals surface area contributed by atoms with Gasteiger partial charge < -0.3 is 9.13 Å². The van der Waals surface area contributed by atoms with E-state index in [1.807, 2.05) is 0 Å². The zero-order valence-corrected chi connectivity index (χ0v) is 27.4. The summed E-state index contributed by atoms with van der Waals surface area (Å²) in [7, 11) is 0. The lowest BCUT2D eigenvalue weighted by Crippen LogP contribution is -2.02. The van der Waals surface area contributed by atoms with Crippen molar-refractivity contribution in [2.75, 3.05) is 0 Å². The van der Waals surface area contributed by atoms with Gasteiger partial charge in [-0.05, 0) is 113 Å². The molecule has 0 atom stereocenters. The predicted molar refractivity (Wildman–Crippen MR) is 208 cm³/mol. The van der Waals surface area contributed by atoms with Gasteiger partial charge in [-0.2, -0.15) is 0 Å². The molecule has 2 nitrogen and oxygen atoms in total. The maximum Gasteiger partial charge on any atom is 0.0541 e. The van der Waals surface area contributed by atoms with E-state index in [-0.39, 0.29) is 0 Å². The molecule has 0 fully saturated rings. The Balaban J connectivity index is 1.14. The minimum atomic E-state index is 1.04. The second-order valence-electron chi connectivity index (χ2n) is 13.4. The summed E-state index contributed by atoms with van der Waals surface area (Å²) in [6.07, 6.45) is 6.77. The van der Waals surface area contributed by atoms with Crippen molar-refractivity contribution in [1.82, 2.24) is 9.13 Å². The maximum absolute atomic E-state index is 2.49. The first-order valence-corrected chi connectivity index (χ1v) is 17.2. The van der Waals surface area contributed by atoms with E-state index < -0.39 is 0 Å². The third-order valence-corrected chi connectivity index (χ3v) is 10.4. The average molecular weight is 627 g/mol. The molecule has 0 bridgehead atoms. The van der Waals surface area contributed by atoms with E-state index in [2.05, 4.69) is 180 Å². The molecule has 9 aromatic rings. The lowest BCUT2D eigenvalue weighted by atomic mass is 9.98. The minimum Gasteiger partial charge on any atom is -0.313 e. The van der Waals surface area contributed by atoms with E-state index in [0.29, 0.717) is 0 Å². The standard InChI is InChI=1S/C47H34N2/c1-31-25-37(32-11-3-2-4-12-32)28-39(26-31)49-45-18-10-8-16-41(45)43-30-36(21-24-47(43)49)35-20-23-46-42(29-35)40-15-7-9-17-44(40)48(46)38-22-19-33-13-5-6-14-34(33)27-38/h2-8,10-16,18-30H,9,17H2,1H3. The Labute approximate surface area is 285 Å². The number of hydrogen-bond donors (Lipinski definition) is 0. The van der Waals surface area contributed by atoms with Gasteiger partial charge >= 0.3 is 0 Å². The van der Waals surface area contributed by atoms with Crippen LogP contribution in [-0.4, -0.2) is 9.13 Å². The van der Waals surface area contributed by atoms with Crippen molar-refractivity contribution in [3.8, 4) is 33.6 Å². The molecule has 232 valence electrons. The van der Waals surface area contributed by atoms with E-state index in [4.69, 9.17) is 0 Å². The van der Waals surface area contributed by atoms with Crippen molar-refractivity contribution in [3.05, 3.63) is 175 Å². The van der Waals surface area contributed by atoms with Crippen LogP contribution in [0.3, 0.4) is 0 Å². The number of para-hydroxylation sites is 1. The minimum absolute atomic E-state index is 1.04. The Kier molecular flexibility index (Phi) is 6.25. The van der Waals surface area contributed by atoms with Crippen LogP contribution >= 0.6 is 0 Å². The smallest absolute Gasteiger partial charge is 0.0541 e. The summed E-state index contributed by atoms with van der Waals surface area (Å²) in [5.74, 6) is 0. The Morgan fingerprint density at radius 2 is 1.16 bits per heavy atom. The molecule has 0 amide bonds. The number of fused-ring (bicyclic) bond motifs is 7. The van der Waals surface area contributed by atoms with Gasteiger partial charge in [-0.25, -0.2) is 0 Å². The fourth-order valence-electron chi connectivity index (χ4n) is 8.13. The SMILES string of the molecule is Cc1cc(-c2ccccc2)cc(-n2c3ccccc3c3cc(-c4ccc5c(c4)c4c(n5-c5ccc6ccccc6c5)CCC=C4)ccc32)c1. The van der Waals surface area contributed by atoms with Crippen molar-refractivity contribution in [1.29, 1.82) is 0 Å². The molecule has 0 saturated carbocycles. The fourth-order valence-corrected chi connectivity index (χ4v) is 8.13. The number of benzene rings is 7. The van der Waals surface area contributed by atoms with Gasteiger partial charge in [0.25, 0.3) is 0 Å². The highest BCUT2D eigenvalue weighted by Gasteiger charge is 2.20. The molecule has 1 aliphatic rings. The van der Waals surface area contributed by atoms with Gasteiger partial charge in [-0.3, -0.25) is 0 Å². The van der Waals surface area contributed by atoms with Gasteiger partial charge in [0.2, 0.25) is 0 Å². The zero-order chi connectivity index (χ0) is 32.5. The Bertz CT molecular complexity index is 2770. The number of nitrogens with zero attached hydrogens (tertiary/aromatic N) is 2. The molecule has 0 radical (unpaired) electrons. The maximum atomic E-state index is 2.49. The summed E-state index contributed by atoms with van der Waals surface area (Å²) in [6.45, 7) is 2.19. The molecule has 49 heavy (non-hydrogen) atoms. The van der Waals surface area contributed by atoms with Gasteiger partial charge in [0.1, 0.15) is 0 Å². The van der Waals surface area contributed by atoms with E-state index in [1.165, 1.54) is 93.9 Å². The summed E-state index contributed by atoms with van der Waals surface area (Å²) in [5, 5.41) is 6.40. The van der Waals surface area contributed by atoms with Crippen LogP contribution < -0.4 is 0 Å². The van der Waals surface area contributed by atoms with Gasteiger partial charge in [0.05, 0.1) is 16.6 Å². The first-order chi connectivity index (χ1) is 24.2. The number of hydrogen-bond acceptors (Lipinski definition) is 0. The molecule has 2 aromatic heterocycles. The first kappa shape index (κ1) is 27.9. The lowest BCUT2D eigenvalue weighted by molar-refractivity contribution is 0.889. The summed E-state index contributed by atoms with van der Waals surface area (Å²) in [6, 6.07) is 56.0. The molecule has 7 aromatic carbocycles. The van der Waals surface area contributed by atoms with Crippen LogP contribution in [0.25, 0.3) is 83.2 Å². The summed E-state index contributed by atoms with van der Waals surface area (Å²) >= 11 is 0. The Morgan fingerprint density at radius 1 is 0.449 bits per heavy atom. The van der Waals surface area contributed by atoms with Crippen LogP contribution in [0, 0.1) is 6.92 Å². The van der Waals surface area contributed by atoms with E-state index in [0.717, 1.165) is 12.8 Å².